The third-order valence-corrected chi connectivity index (χ3v) is 7.11. The van der Waals surface area contributed by atoms with E-state index in [2.05, 4.69) is 4.98 Å². The van der Waals surface area contributed by atoms with Gasteiger partial charge >= 0.3 is 0 Å². The van der Waals surface area contributed by atoms with Crippen molar-refractivity contribution in [2.75, 3.05) is 33.3 Å². The predicted octanol–water partition coefficient (Wildman–Crippen LogP) is 1.92. The van der Waals surface area contributed by atoms with Crippen molar-refractivity contribution in [2.45, 2.75) is 18.7 Å². The summed E-state index contributed by atoms with van der Waals surface area (Å²) in [5, 5.41) is 1.70. The van der Waals surface area contributed by atoms with Gasteiger partial charge in [0, 0.05) is 31.6 Å². The average Bonchev–Trinajstić information content (AvgIpc) is 3.17. The second kappa shape index (κ2) is 7.34. The van der Waals surface area contributed by atoms with Crippen molar-refractivity contribution in [2.24, 2.45) is 0 Å². The fourth-order valence-corrected chi connectivity index (χ4v) is 5.25. The summed E-state index contributed by atoms with van der Waals surface area (Å²) in [6.45, 7) is 4.82. The summed E-state index contributed by atoms with van der Waals surface area (Å²) in [6, 6.07) is 3.39. The summed E-state index contributed by atoms with van der Waals surface area (Å²) >= 11 is 1.36. The van der Waals surface area contributed by atoms with Crippen LogP contribution < -0.4 is 4.74 Å². The van der Waals surface area contributed by atoms with Crippen LogP contribution >= 0.6 is 11.3 Å². The third-order valence-electron chi connectivity index (χ3n) is 4.49. The Labute approximate surface area is 157 Å². The number of carbonyl (C=O) groups excluding carboxylic acids is 1. The predicted molar refractivity (Wildman–Crippen MR) is 99.2 cm³/mol. The second-order valence-electron chi connectivity index (χ2n) is 6.16. The van der Waals surface area contributed by atoms with Gasteiger partial charge in [-0.2, -0.15) is 4.31 Å². The first kappa shape index (κ1) is 18.8. The Hall–Kier alpha value is -1.97. The lowest BCUT2D eigenvalue weighted by molar-refractivity contribution is 0.0692. The highest BCUT2D eigenvalue weighted by molar-refractivity contribution is 7.89. The molecule has 1 fully saturated rings. The molecule has 0 bridgehead atoms. The number of hydrogen-bond donors (Lipinski definition) is 0. The maximum Gasteiger partial charge on any atom is 0.273 e. The van der Waals surface area contributed by atoms with Crippen molar-refractivity contribution in [1.82, 2.24) is 14.2 Å². The Kier molecular flexibility index (Phi) is 5.31. The smallest absolute Gasteiger partial charge is 0.273 e. The number of methoxy groups -OCH3 is 1. The molecule has 0 N–H and O–H groups in total. The SMILES string of the molecule is COc1cc(C)c(S(=O)(=O)N2CCN(C(=O)c3cscn3)CC2)cc1C. The van der Waals surface area contributed by atoms with Gasteiger partial charge in [0.05, 0.1) is 17.5 Å². The van der Waals surface area contributed by atoms with Gasteiger partial charge in [-0.15, -0.1) is 11.3 Å². The molecule has 7 nitrogen and oxygen atoms in total. The van der Waals surface area contributed by atoms with Crippen LogP contribution in [0.1, 0.15) is 21.6 Å². The monoisotopic (exact) mass is 395 g/mol. The molecule has 0 aliphatic carbocycles. The van der Waals surface area contributed by atoms with Crippen LogP contribution in [-0.2, 0) is 10.0 Å². The minimum atomic E-state index is -3.62. The lowest BCUT2D eigenvalue weighted by Gasteiger charge is -2.34. The lowest BCUT2D eigenvalue weighted by atomic mass is 10.1. The number of sulfonamides is 1. The van der Waals surface area contributed by atoms with E-state index in [1.165, 1.54) is 15.6 Å². The molecular formula is C17H21N3O4S2. The highest BCUT2D eigenvalue weighted by atomic mass is 32.2. The molecule has 0 radical (unpaired) electrons. The maximum atomic E-state index is 13.0. The van der Waals surface area contributed by atoms with Crippen LogP contribution in [0.4, 0.5) is 0 Å². The van der Waals surface area contributed by atoms with Gasteiger partial charge in [-0.25, -0.2) is 13.4 Å². The standard InChI is InChI=1S/C17H21N3O4S2/c1-12-9-16(13(2)8-15(12)24-3)26(22,23)20-6-4-19(5-7-20)17(21)14-10-25-11-18-14/h8-11H,4-7H2,1-3H3. The molecule has 1 saturated heterocycles. The molecule has 1 aromatic carbocycles. The van der Waals surface area contributed by atoms with Gasteiger partial charge in [0.15, 0.2) is 0 Å². The zero-order valence-electron chi connectivity index (χ0n) is 14.9. The van der Waals surface area contributed by atoms with Gasteiger partial charge in [0.2, 0.25) is 10.0 Å². The second-order valence-corrected chi connectivity index (χ2v) is 8.78. The highest BCUT2D eigenvalue weighted by Gasteiger charge is 2.32. The summed E-state index contributed by atoms with van der Waals surface area (Å²) in [7, 11) is -2.05. The summed E-state index contributed by atoms with van der Waals surface area (Å²) in [4.78, 5) is 18.3. The van der Waals surface area contributed by atoms with E-state index >= 15 is 0 Å². The van der Waals surface area contributed by atoms with Gasteiger partial charge in [-0.05, 0) is 37.1 Å². The minimum absolute atomic E-state index is 0.153. The molecular weight excluding hydrogens is 374 g/mol. The Morgan fingerprint density at radius 3 is 2.42 bits per heavy atom. The average molecular weight is 396 g/mol. The van der Waals surface area contributed by atoms with Crippen molar-refractivity contribution < 1.29 is 17.9 Å². The first-order chi connectivity index (χ1) is 12.3. The molecule has 1 aliphatic rings. The minimum Gasteiger partial charge on any atom is -0.496 e. The Balaban J connectivity index is 1.76. The number of hydrogen-bond acceptors (Lipinski definition) is 6. The number of ether oxygens (including phenoxy) is 1. The zero-order valence-corrected chi connectivity index (χ0v) is 16.6. The third kappa shape index (κ3) is 3.46. The topological polar surface area (TPSA) is 79.8 Å². The van der Waals surface area contributed by atoms with Crippen molar-refractivity contribution in [3.05, 3.63) is 39.8 Å². The molecule has 0 saturated carbocycles. The molecule has 2 aromatic rings. The summed E-state index contributed by atoms with van der Waals surface area (Å²) in [6.07, 6.45) is 0. The molecule has 3 rings (SSSR count). The van der Waals surface area contributed by atoms with E-state index in [4.69, 9.17) is 4.74 Å². The van der Waals surface area contributed by atoms with Crippen molar-refractivity contribution in [3.8, 4) is 5.75 Å². The molecule has 1 aromatic heterocycles. The Morgan fingerprint density at radius 2 is 1.85 bits per heavy atom. The molecule has 2 heterocycles. The number of carbonyl (C=O) groups is 1. The van der Waals surface area contributed by atoms with Crippen LogP contribution in [0.3, 0.4) is 0 Å². The van der Waals surface area contributed by atoms with E-state index < -0.39 is 10.0 Å². The van der Waals surface area contributed by atoms with Crippen LogP contribution in [0.15, 0.2) is 27.9 Å². The van der Waals surface area contributed by atoms with Crippen LogP contribution in [0.25, 0.3) is 0 Å². The van der Waals surface area contributed by atoms with Gasteiger partial charge in [-0.3, -0.25) is 4.79 Å². The molecule has 0 spiro atoms. The van der Waals surface area contributed by atoms with E-state index in [1.807, 2.05) is 6.92 Å². The fraction of sp³-hybridized carbons (Fsp3) is 0.412. The van der Waals surface area contributed by atoms with E-state index in [9.17, 15) is 13.2 Å². The van der Waals surface area contributed by atoms with Crippen LogP contribution in [0.5, 0.6) is 5.75 Å². The van der Waals surface area contributed by atoms with E-state index in [0.29, 0.717) is 30.1 Å². The number of rotatable bonds is 4. The first-order valence-electron chi connectivity index (χ1n) is 8.17. The molecule has 1 aliphatic heterocycles. The van der Waals surface area contributed by atoms with E-state index in [-0.39, 0.29) is 23.9 Å². The van der Waals surface area contributed by atoms with Gasteiger partial charge in [0.1, 0.15) is 11.4 Å². The normalized spacial score (nSPS) is 15.9. The summed E-state index contributed by atoms with van der Waals surface area (Å²) in [5.41, 5.74) is 3.44. The van der Waals surface area contributed by atoms with Crippen LogP contribution in [-0.4, -0.2) is 61.8 Å². The van der Waals surface area contributed by atoms with E-state index in [0.717, 1.165) is 5.56 Å². The molecule has 1 amide bonds. The number of aromatic nitrogens is 1. The van der Waals surface area contributed by atoms with Gasteiger partial charge < -0.3 is 9.64 Å². The highest BCUT2D eigenvalue weighted by Crippen LogP contribution is 2.28. The number of aryl methyl sites for hydroxylation is 2. The number of amides is 1. The first-order valence-corrected chi connectivity index (χ1v) is 10.6. The molecule has 140 valence electrons. The van der Waals surface area contributed by atoms with Crippen molar-refractivity contribution in [3.63, 3.8) is 0 Å². The number of nitrogens with zero attached hydrogens (tertiary/aromatic N) is 3. The Morgan fingerprint density at radius 1 is 1.15 bits per heavy atom. The van der Waals surface area contributed by atoms with Crippen molar-refractivity contribution in [1.29, 1.82) is 0 Å². The van der Waals surface area contributed by atoms with Gasteiger partial charge in [0.25, 0.3) is 5.91 Å². The van der Waals surface area contributed by atoms with Crippen LogP contribution in [0.2, 0.25) is 0 Å². The quantitative estimate of drug-likeness (QED) is 0.790. The molecule has 0 atom stereocenters. The Bertz CT molecular complexity index is 902. The fourth-order valence-electron chi connectivity index (χ4n) is 3.01. The summed E-state index contributed by atoms with van der Waals surface area (Å²) in [5.74, 6) is 0.514. The maximum absolute atomic E-state index is 13.0. The van der Waals surface area contributed by atoms with Gasteiger partial charge in [-0.1, -0.05) is 0 Å². The van der Waals surface area contributed by atoms with Crippen molar-refractivity contribution >= 4 is 27.3 Å². The molecule has 9 heteroatoms. The molecule has 0 unspecified atom stereocenters. The summed E-state index contributed by atoms with van der Waals surface area (Å²) < 4.78 is 32.8. The largest absolute Gasteiger partial charge is 0.496 e. The number of thiazole rings is 1. The number of benzene rings is 1. The molecule has 26 heavy (non-hydrogen) atoms. The zero-order chi connectivity index (χ0) is 18.9. The van der Waals surface area contributed by atoms with E-state index in [1.54, 1.807) is 42.0 Å². The van der Waals surface area contributed by atoms with Crippen LogP contribution in [0, 0.1) is 13.8 Å². The number of piperazine rings is 1. The lowest BCUT2D eigenvalue weighted by Crippen LogP contribution is -2.50.